The number of aryl methyl sites for hydroxylation is 1. The largest absolute Gasteiger partial charge is 0.549 e. The van der Waals surface area contributed by atoms with Gasteiger partial charge in [0.2, 0.25) is 11.8 Å². The molecule has 0 amide bonds. The number of nitrogens with zero attached hydrogens (tertiary/aromatic N) is 2. The Hall–Kier alpha value is -2.67. The lowest BCUT2D eigenvalue weighted by Crippen LogP contribution is -2.32. The van der Waals surface area contributed by atoms with E-state index in [1.165, 1.54) is 0 Å². The first-order valence-electron chi connectivity index (χ1n) is 7.97. The number of halogens is 1. The first-order valence-corrected chi connectivity index (χ1v) is 8.89. The van der Waals surface area contributed by atoms with Crippen LogP contribution in [-0.2, 0) is 17.8 Å². The summed E-state index contributed by atoms with van der Waals surface area (Å²) in [4.78, 5) is 18.7. The number of benzene rings is 1. The van der Waals surface area contributed by atoms with Crippen LogP contribution in [-0.4, -0.2) is 20.8 Å². The van der Waals surface area contributed by atoms with Crippen LogP contribution >= 0.6 is 15.9 Å². The van der Waals surface area contributed by atoms with Crippen molar-refractivity contribution in [1.29, 1.82) is 0 Å². The van der Waals surface area contributed by atoms with E-state index in [4.69, 9.17) is 9.15 Å². The lowest BCUT2D eigenvalue weighted by molar-refractivity contribution is -0.304. The molecule has 0 aliphatic rings. The highest BCUT2D eigenvalue weighted by Gasteiger charge is 2.12. The van der Waals surface area contributed by atoms with Crippen molar-refractivity contribution in [2.24, 2.45) is 0 Å². The maximum absolute atomic E-state index is 10.7. The van der Waals surface area contributed by atoms with Crippen LogP contribution in [0.25, 0.3) is 11.5 Å². The van der Waals surface area contributed by atoms with E-state index >= 15 is 0 Å². The maximum atomic E-state index is 10.7. The van der Waals surface area contributed by atoms with Crippen LogP contribution in [0.5, 0.6) is 5.88 Å². The van der Waals surface area contributed by atoms with E-state index in [0.717, 1.165) is 11.1 Å². The Balaban J connectivity index is 1.62. The molecule has 0 aliphatic carbocycles. The molecule has 1 aromatic carbocycles. The predicted molar refractivity (Wildman–Crippen MR) is 96.7 cm³/mol. The molecule has 7 heteroatoms. The summed E-state index contributed by atoms with van der Waals surface area (Å²) in [6, 6.07) is 13.1. The Bertz CT molecular complexity index is 878. The number of aliphatic carboxylic acids is 1. The van der Waals surface area contributed by atoms with Gasteiger partial charge in [0.15, 0.2) is 0 Å². The van der Waals surface area contributed by atoms with Crippen LogP contribution in [0.2, 0.25) is 0 Å². The molecule has 6 nitrogen and oxygen atoms in total. The van der Waals surface area contributed by atoms with Gasteiger partial charge in [-0.3, -0.25) is 0 Å². The Morgan fingerprint density at radius 2 is 2.04 bits per heavy atom. The van der Waals surface area contributed by atoms with Crippen molar-refractivity contribution in [2.45, 2.75) is 24.8 Å². The van der Waals surface area contributed by atoms with Crippen LogP contribution in [0, 0.1) is 6.92 Å². The molecule has 0 fully saturated rings. The second kappa shape index (κ2) is 8.14. The molecule has 2 heterocycles. The minimum atomic E-state index is -1.15. The quantitative estimate of drug-likeness (QED) is 0.551. The van der Waals surface area contributed by atoms with Crippen molar-refractivity contribution in [3.05, 3.63) is 65.7 Å². The van der Waals surface area contributed by atoms with Gasteiger partial charge in [-0.25, -0.2) is 9.97 Å². The summed E-state index contributed by atoms with van der Waals surface area (Å²) in [6.45, 7) is 2.07. The van der Waals surface area contributed by atoms with Gasteiger partial charge in [-0.15, -0.1) is 0 Å². The van der Waals surface area contributed by atoms with E-state index in [2.05, 4.69) is 25.9 Å². The molecule has 1 unspecified atom stereocenters. The van der Waals surface area contributed by atoms with Gasteiger partial charge in [0.1, 0.15) is 18.1 Å². The fraction of sp³-hybridized carbons (Fsp3) is 0.211. The summed E-state index contributed by atoms with van der Waals surface area (Å²) < 4.78 is 11.4. The van der Waals surface area contributed by atoms with E-state index < -0.39 is 10.8 Å². The van der Waals surface area contributed by atoms with Crippen LogP contribution in [0.3, 0.4) is 0 Å². The molecule has 26 heavy (non-hydrogen) atoms. The maximum Gasteiger partial charge on any atom is 0.226 e. The van der Waals surface area contributed by atoms with Gasteiger partial charge in [0.05, 0.1) is 10.8 Å². The van der Waals surface area contributed by atoms with Gasteiger partial charge in [0.25, 0.3) is 0 Å². The van der Waals surface area contributed by atoms with Crippen molar-refractivity contribution < 1.29 is 19.1 Å². The molecular weight excluding hydrogens is 400 g/mol. The molecule has 1 atom stereocenters. The number of hydrogen-bond donors (Lipinski definition) is 0. The number of hydrogen-bond acceptors (Lipinski definition) is 6. The van der Waals surface area contributed by atoms with Crippen LogP contribution in [0.15, 0.2) is 53.1 Å². The third-order valence-corrected chi connectivity index (χ3v) is 4.44. The number of rotatable bonds is 7. The molecule has 0 aliphatic heterocycles. The van der Waals surface area contributed by atoms with Gasteiger partial charge < -0.3 is 19.1 Å². The number of pyridine rings is 1. The van der Waals surface area contributed by atoms with Gasteiger partial charge in [0, 0.05) is 17.8 Å². The molecule has 3 aromatic rings. The van der Waals surface area contributed by atoms with Crippen LogP contribution < -0.4 is 9.84 Å². The SMILES string of the molecule is Cc1oc(-c2ccccc2)nc1COc1ccc(CC(Br)C(=O)[O-])cn1. The summed E-state index contributed by atoms with van der Waals surface area (Å²) in [7, 11) is 0. The average molecular weight is 416 g/mol. The standard InChI is InChI=1S/C19H17BrN2O4/c1-12-16(22-18(26-12)14-5-3-2-4-6-14)11-25-17-8-7-13(10-21-17)9-15(20)19(23)24/h2-8,10,15H,9,11H2,1H3,(H,23,24)/p-1. The number of oxazole rings is 1. The lowest BCUT2D eigenvalue weighted by atomic mass is 10.1. The van der Waals surface area contributed by atoms with E-state index in [1.54, 1.807) is 18.3 Å². The number of ether oxygens (including phenoxy) is 1. The van der Waals surface area contributed by atoms with Crippen molar-refractivity contribution in [3.63, 3.8) is 0 Å². The molecular formula is C19H16BrN2O4-. The monoisotopic (exact) mass is 415 g/mol. The summed E-state index contributed by atoms with van der Waals surface area (Å²) in [5.74, 6) is 0.519. The fourth-order valence-electron chi connectivity index (χ4n) is 2.32. The second-order valence-corrected chi connectivity index (χ2v) is 6.78. The molecule has 2 aromatic heterocycles. The zero-order chi connectivity index (χ0) is 18.5. The highest BCUT2D eigenvalue weighted by atomic mass is 79.9. The van der Waals surface area contributed by atoms with Crippen molar-refractivity contribution in [1.82, 2.24) is 9.97 Å². The number of aromatic nitrogens is 2. The predicted octanol–water partition coefficient (Wildman–Crippen LogP) is 2.68. The Kier molecular flexibility index (Phi) is 5.68. The molecule has 0 bridgehead atoms. The third kappa shape index (κ3) is 4.49. The zero-order valence-electron chi connectivity index (χ0n) is 14.0. The molecule has 0 spiro atoms. The van der Waals surface area contributed by atoms with Gasteiger partial charge >= 0.3 is 0 Å². The smallest absolute Gasteiger partial charge is 0.226 e. The van der Waals surface area contributed by atoms with Gasteiger partial charge in [-0.1, -0.05) is 40.2 Å². The first kappa shape index (κ1) is 18.1. The van der Waals surface area contributed by atoms with Crippen LogP contribution in [0.1, 0.15) is 17.0 Å². The molecule has 0 radical (unpaired) electrons. The third-order valence-electron chi connectivity index (χ3n) is 3.74. The van der Waals surface area contributed by atoms with Gasteiger partial charge in [-0.2, -0.15) is 0 Å². The molecule has 134 valence electrons. The summed E-state index contributed by atoms with van der Waals surface area (Å²) in [5.41, 5.74) is 2.38. The normalized spacial score (nSPS) is 11.9. The van der Waals surface area contributed by atoms with Crippen molar-refractivity contribution >= 4 is 21.9 Å². The Morgan fingerprint density at radius 3 is 2.69 bits per heavy atom. The minimum absolute atomic E-state index is 0.231. The summed E-state index contributed by atoms with van der Waals surface area (Å²) >= 11 is 3.05. The number of carbonyl (C=O) groups excluding carboxylic acids is 1. The van der Waals surface area contributed by atoms with E-state index in [0.29, 0.717) is 29.6 Å². The minimum Gasteiger partial charge on any atom is -0.549 e. The van der Waals surface area contributed by atoms with Crippen LogP contribution in [0.4, 0.5) is 0 Å². The number of alkyl halides is 1. The summed E-state index contributed by atoms with van der Waals surface area (Å²) in [5, 5.41) is 10.7. The number of carboxylic acid groups (broad SMARTS) is 1. The fourth-order valence-corrected chi connectivity index (χ4v) is 2.69. The Morgan fingerprint density at radius 1 is 1.27 bits per heavy atom. The Labute approximate surface area is 159 Å². The second-order valence-electron chi connectivity index (χ2n) is 5.67. The number of carbonyl (C=O) groups is 1. The van der Waals surface area contributed by atoms with E-state index in [1.807, 2.05) is 37.3 Å². The van der Waals surface area contributed by atoms with E-state index in [9.17, 15) is 9.90 Å². The lowest BCUT2D eigenvalue weighted by Gasteiger charge is -2.10. The number of carboxylic acids is 1. The van der Waals surface area contributed by atoms with Gasteiger partial charge in [-0.05, 0) is 31.0 Å². The average Bonchev–Trinajstić information content (AvgIpc) is 3.02. The molecule has 0 N–H and O–H groups in total. The van der Waals surface area contributed by atoms with Crippen molar-refractivity contribution in [3.8, 4) is 17.3 Å². The molecule has 0 saturated heterocycles. The van der Waals surface area contributed by atoms with E-state index in [-0.39, 0.29) is 6.61 Å². The van der Waals surface area contributed by atoms with Crippen molar-refractivity contribution in [2.75, 3.05) is 0 Å². The molecule has 3 rings (SSSR count). The molecule has 0 saturated carbocycles. The highest BCUT2D eigenvalue weighted by molar-refractivity contribution is 9.10. The topological polar surface area (TPSA) is 88.3 Å². The zero-order valence-corrected chi connectivity index (χ0v) is 15.6. The summed E-state index contributed by atoms with van der Waals surface area (Å²) in [6.07, 6.45) is 1.87. The first-order chi connectivity index (χ1) is 12.5. The highest BCUT2D eigenvalue weighted by Crippen LogP contribution is 2.22.